The zero-order chi connectivity index (χ0) is 41.8. The first-order valence-electron chi connectivity index (χ1n) is 21.0. The summed E-state index contributed by atoms with van der Waals surface area (Å²) < 4.78 is 24.0. The van der Waals surface area contributed by atoms with Gasteiger partial charge < -0.3 is 33.9 Å². The molecule has 0 amide bonds. The van der Waals surface area contributed by atoms with Crippen molar-refractivity contribution in [3.05, 3.63) is 76.5 Å². The summed E-state index contributed by atoms with van der Waals surface area (Å²) in [7, 11) is 12.6. The summed E-state index contributed by atoms with van der Waals surface area (Å²) in [5.74, 6) is -1.41. The summed E-state index contributed by atoms with van der Waals surface area (Å²) in [5.41, 5.74) is 1.36. The Labute approximate surface area is 347 Å². The van der Waals surface area contributed by atoms with Crippen molar-refractivity contribution < 1.29 is 38.4 Å². The Morgan fingerprint density at radius 1 is 1.02 bits per heavy atom. The van der Waals surface area contributed by atoms with E-state index in [1.54, 1.807) is 7.11 Å². The predicted molar refractivity (Wildman–Crippen MR) is 224 cm³/mol. The van der Waals surface area contributed by atoms with Gasteiger partial charge in [0.25, 0.3) is 0 Å². The van der Waals surface area contributed by atoms with Gasteiger partial charge in [0.2, 0.25) is 5.60 Å². The molecule has 310 valence electrons. The number of aromatic nitrogens is 1. The number of likely N-dealkylation sites (N-methyl/N-ethyl adjacent to an activating group) is 1. The van der Waals surface area contributed by atoms with Crippen LogP contribution in [0.4, 0.5) is 5.69 Å². The molecule has 1 saturated carbocycles. The van der Waals surface area contributed by atoms with Crippen molar-refractivity contribution in [3.8, 4) is 5.75 Å². The molecule has 3 aromatic rings. The van der Waals surface area contributed by atoms with Crippen LogP contribution in [0.3, 0.4) is 0 Å². The molecule has 2 radical (unpaired) electrons. The number of methoxy groups -OCH3 is 3. The third-order valence-corrected chi connectivity index (χ3v) is 15.2. The van der Waals surface area contributed by atoms with Crippen LogP contribution in [0.25, 0.3) is 10.9 Å². The molecule has 1 spiro atoms. The summed E-state index contributed by atoms with van der Waals surface area (Å²) in [6, 6.07) is 8.72. The van der Waals surface area contributed by atoms with Crippen molar-refractivity contribution in [1.82, 2.24) is 14.8 Å². The van der Waals surface area contributed by atoms with E-state index < -0.39 is 51.9 Å². The summed E-state index contributed by atoms with van der Waals surface area (Å²) in [5, 5.41) is 14.3. The highest BCUT2D eigenvalue weighted by Gasteiger charge is 2.80. The van der Waals surface area contributed by atoms with E-state index in [0.717, 1.165) is 59.5 Å². The zero-order valence-electron chi connectivity index (χ0n) is 35.2. The highest BCUT2D eigenvalue weighted by Crippen LogP contribution is 2.68. The van der Waals surface area contributed by atoms with E-state index in [2.05, 4.69) is 46.0 Å². The quantitative estimate of drug-likeness (QED) is 0.157. The Bertz CT molecular complexity index is 2320. The number of anilines is 1. The lowest BCUT2D eigenvalue weighted by atomic mass is 9.47. The number of aromatic amines is 1. The third-order valence-electron chi connectivity index (χ3n) is 15.2. The van der Waals surface area contributed by atoms with Gasteiger partial charge in [-0.25, -0.2) is 4.79 Å². The van der Waals surface area contributed by atoms with Gasteiger partial charge in [-0.2, -0.15) is 0 Å². The van der Waals surface area contributed by atoms with Crippen LogP contribution in [0.15, 0.2) is 54.1 Å². The smallest absolute Gasteiger partial charge is 0.344 e. The minimum Gasteiger partial charge on any atom is -0.496 e. The summed E-state index contributed by atoms with van der Waals surface area (Å²) in [6.07, 6.45) is 8.26. The van der Waals surface area contributed by atoms with Gasteiger partial charge in [0.15, 0.2) is 6.10 Å². The second-order valence-electron chi connectivity index (χ2n) is 17.8. The van der Waals surface area contributed by atoms with Gasteiger partial charge in [0.05, 0.1) is 27.4 Å². The lowest BCUT2D eigenvalue weighted by Crippen LogP contribution is -2.81. The van der Waals surface area contributed by atoms with Gasteiger partial charge in [0.1, 0.15) is 19.0 Å². The maximum absolute atomic E-state index is 15.3. The number of ether oxygens (including phenoxy) is 4. The van der Waals surface area contributed by atoms with Crippen molar-refractivity contribution in [1.29, 1.82) is 0 Å². The number of hydrogen-bond acceptors (Lipinski definition) is 11. The number of hydrogen-bond donors (Lipinski definition) is 2. The van der Waals surface area contributed by atoms with Crippen molar-refractivity contribution >= 4 is 47.8 Å². The number of nitrogens with zero attached hydrogens (tertiary/aromatic N) is 3. The molecule has 2 bridgehead atoms. The molecule has 9 rings (SSSR count). The lowest BCUT2D eigenvalue weighted by Gasteiger charge is -2.63. The molecule has 6 aliphatic rings. The van der Waals surface area contributed by atoms with Crippen LogP contribution in [0.2, 0.25) is 0 Å². The van der Waals surface area contributed by atoms with Crippen molar-refractivity contribution in [2.24, 2.45) is 11.3 Å². The number of rotatable bonds is 7. The lowest BCUT2D eigenvalue weighted by molar-refractivity contribution is -0.228. The molecule has 6 heterocycles. The number of H-pyrrole nitrogens is 1. The largest absolute Gasteiger partial charge is 0.496 e. The predicted octanol–water partition coefficient (Wildman–Crippen LogP) is 3.59. The van der Waals surface area contributed by atoms with Crippen LogP contribution in [0.5, 0.6) is 5.75 Å². The number of carbonyl (C=O) groups excluding carboxylic acids is 3. The van der Waals surface area contributed by atoms with E-state index >= 15 is 4.79 Å². The summed E-state index contributed by atoms with van der Waals surface area (Å²) in [4.78, 5) is 53.3. The molecule has 1 saturated heterocycles. The van der Waals surface area contributed by atoms with Crippen molar-refractivity contribution in [3.63, 3.8) is 0 Å². The number of nitrogens with one attached hydrogen (secondary N) is 1. The van der Waals surface area contributed by atoms with Crippen LogP contribution in [0, 0.1) is 11.3 Å². The molecule has 59 heavy (non-hydrogen) atoms. The fraction of sp³-hybridized carbons (Fsp3) is 0.543. The number of esters is 3. The van der Waals surface area contributed by atoms with Crippen LogP contribution in [-0.2, 0) is 45.8 Å². The fourth-order valence-corrected chi connectivity index (χ4v) is 13.1. The third kappa shape index (κ3) is 5.22. The van der Waals surface area contributed by atoms with E-state index in [-0.39, 0.29) is 12.0 Å². The van der Waals surface area contributed by atoms with Crippen LogP contribution >= 0.6 is 0 Å². The van der Waals surface area contributed by atoms with E-state index in [1.807, 2.05) is 43.1 Å². The molecular formula is C46H55BN4O8. The first-order valence-corrected chi connectivity index (χ1v) is 21.0. The van der Waals surface area contributed by atoms with Crippen LogP contribution in [-0.4, -0.2) is 131 Å². The van der Waals surface area contributed by atoms with E-state index in [1.165, 1.54) is 26.7 Å². The molecule has 12 nitrogen and oxygen atoms in total. The molecule has 5 aliphatic heterocycles. The van der Waals surface area contributed by atoms with E-state index in [9.17, 15) is 14.7 Å². The van der Waals surface area contributed by atoms with Gasteiger partial charge in [-0.3, -0.25) is 19.4 Å². The van der Waals surface area contributed by atoms with E-state index in [4.69, 9.17) is 26.8 Å². The first kappa shape index (κ1) is 39.9. The topological polar surface area (TPSA) is 134 Å². The average molecular weight is 803 g/mol. The molecule has 13 heteroatoms. The molecule has 2 fully saturated rings. The Morgan fingerprint density at radius 3 is 2.49 bits per heavy atom. The second kappa shape index (κ2) is 14.0. The Kier molecular flexibility index (Phi) is 9.45. The normalized spacial score (nSPS) is 34.3. The second-order valence-corrected chi connectivity index (χ2v) is 17.8. The summed E-state index contributed by atoms with van der Waals surface area (Å²) in [6.45, 7) is 9.30. The SMILES string of the molecule is [B]c1ccc2[nH]c3c(c2c1)CCN1CC(CC)=C[C@H](C1)C[C@]3(C(=O)OC)c1cc2c(cc1OC)N(C)C1C(O)(C(=O)OC)[C@H](OC(C)=O)[C@]3(CC)C=CCN4CC[C@]21[C@@H]43. The Balaban J connectivity index is 1.38. The standard InChI is InChI=1S/C46H55BN4O8/c1-8-27-19-28-23-45(41(53)57-6,37-30(13-17-50(24-27)25-28)31-20-29(47)11-12-34(31)48-37)33-21-32-35(22-36(33)56-5)49(4)39-44(32)15-18-51-16-10-14-43(9-2,38(44)51)40(59-26(3)52)46(39,55)42(54)58-7/h10-12,14,19-22,28,38-40,48,55H,8-9,13,15-18,23-25H2,1-7H3/t28-,38-,39?,40+,43+,44+,45-,46?/m0/s1. The van der Waals surface area contributed by atoms with Crippen LogP contribution < -0.4 is 15.1 Å². The zero-order valence-corrected chi connectivity index (χ0v) is 35.2. The number of fused-ring (bicyclic) bond motifs is 6. The van der Waals surface area contributed by atoms with Gasteiger partial charge in [-0.15, -0.1) is 0 Å². The first-order chi connectivity index (χ1) is 28.3. The maximum Gasteiger partial charge on any atom is 0.344 e. The summed E-state index contributed by atoms with van der Waals surface area (Å²) >= 11 is 0. The highest BCUT2D eigenvalue weighted by atomic mass is 16.6. The molecule has 2 N–H and O–H groups in total. The van der Waals surface area contributed by atoms with Crippen LogP contribution in [0.1, 0.15) is 68.8 Å². The number of carbonyl (C=O) groups is 3. The molecule has 1 aromatic heterocycles. The maximum atomic E-state index is 15.3. The number of benzene rings is 2. The molecule has 2 aromatic carbocycles. The van der Waals surface area contributed by atoms with Gasteiger partial charge in [-0.1, -0.05) is 55.2 Å². The monoisotopic (exact) mass is 802 g/mol. The average Bonchev–Trinajstić information content (AvgIpc) is 3.89. The van der Waals surface area contributed by atoms with Gasteiger partial charge in [0, 0.05) is 90.9 Å². The van der Waals surface area contributed by atoms with E-state index in [0.29, 0.717) is 55.5 Å². The fourth-order valence-electron chi connectivity index (χ4n) is 13.1. The minimum absolute atomic E-state index is 0.00597. The van der Waals surface area contributed by atoms with Crippen molar-refractivity contribution in [2.45, 2.75) is 87.5 Å². The molecule has 1 aliphatic carbocycles. The molecule has 9 atom stereocenters. The van der Waals surface area contributed by atoms with Crippen molar-refractivity contribution in [2.75, 3.05) is 66.0 Å². The Morgan fingerprint density at radius 2 is 1.80 bits per heavy atom. The molecule has 3 unspecified atom stereocenters. The van der Waals surface area contributed by atoms with Gasteiger partial charge in [-0.05, 0) is 67.8 Å². The minimum atomic E-state index is -2.29. The molecular weight excluding hydrogens is 747 g/mol. The highest BCUT2D eigenvalue weighted by molar-refractivity contribution is 6.33. The number of aliphatic hydroxyl groups is 1. The van der Waals surface area contributed by atoms with Gasteiger partial charge >= 0.3 is 17.9 Å². The Hall–Kier alpha value is -4.59.